The van der Waals surface area contributed by atoms with Gasteiger partial charge in [0.15, 0.2) is 0 Å². The highest BCUT2D eigenvalue weighted by Crippen LogP contribution is 2.21. The van der Waals surface area contributed by atoms with Gasteiger partial charge in [-0.05, 0) is 32.2 Å². The van der Waals surface area contributed by atoms with Crippen molar-refractivity contribution in [2.75, 3.05) is 13.1 Å². The second kappa shape index (κ2) is 5.58. The molecule has 0 spiro atoms. The summed E-state index contributed by atoms with van der Waals surface area (Å²) in [4.78, 5) is 27.7. The molecule has 8 nitrogen and oxygen atoms in total. The molecule has 3 rings (SSSR count). The van der Waals surface area contributed by atoms with Crippen molar-refractivity contribution in [3.63, 3.8) is 0 Å². The summed E-state index contributed by atoms with van der Waals surface area (Å²) in [5.41, 5.74) is 0. The van der Waals surface area contributed by atoms with Crippen molar-refractivity contribution in [1.29, 1.82) is 0 Å². The van der Waals surface area contributed by atoms with E-state index in [2.05, 4.69) is 26.1 Å². The number of amides is 2. The van der Waals surface area contributed by atoms with Crippen LogP contribution in [0.2, 0.25) is 0 Å². The van der Waals surface area contributed by atoms with Gasteiger partial charge in [-0.3, -0.25) is 9.59 Å². The second-order valence-electron chi connectivity index (χ2n) is 5.06. The summed E-state index contributed by atoms with van der Waals surface area (Å²) in [6, 6.07) is -0.482. The summed E-state index contributed by atoms with van der Waals surface area (Å²) in [6.07, 6.45) is 3.46. The van der Waals surface area contributed by atoms with Crippen LogP contribution in [0.4, 0.5) is 0 Å². The maximum Gasteiger partial charge on any atom is 0.293 e. The molecule has 0 bridgehead atoms. The van der Waals surface area contributed by atoms with Gasteiger partial charge in [-0.25, -0.2) is 0 Å². The van der Waals surface area contributed by atoms with E-state index in [-0.39, 0.29) is 17.8 Å². The smallest absolute Gasteiger partial charge is 0.293 e. The van der Waals surface area contributed by atoms with Crippen molar-refractivity contribution in [2.45, 2.75) is 37.8 Å². The number of hydrogen-bond acceptors (Lipinski definition) is 6. The maximum atomic E-state index is 12.0. The van der Waals surface area contributed by atoms with E-state index >= 15 is 0 Å². The molecule has 2 aliphatic heterocycles. The number of nitrogens with one attached hydrogen (secondary N) is 3. The molecule has 1 aromatic rings. The lowest BCUT2D eigenvalue weighted by atomic mass is 10.1. The lowest BCUT2D eigenvalue weighted by Crippen LogP contribution is -2.50. The van der Waals surface area contributed by atoms with E-state index in [1.807, 2.05) is 0 Å². The van der Waals surface area contributed by atoms with Crippen LogP contribution in [0.5, 0.6) is 0 Å². The molecule has 2 saturated heterocycles. The van der Waals surface area contributed by atoms with Gasteiger partial charge < -0.3 is 20.5 Å². The number of carbonyl (C=O) groups is 2. The quantitative estimate of drug-likeness (QED) is 0.688. The highest BCUT2D eigenvalue weighted by atomic mass is 16.5. The molecule has 2 fully saturated rings. The van der Waals surface area contributed by atoms with Gasteiger partial charge in [-0.15, -0.1) is 0 Å². The van der Waals surface area contributed by atoms with Gasteiger partial charge in [0.25, 0.3) is 11.7 Å². The molecule has 8 heteroatoms. The van der Waals surface area contributed by atoms with Crippen LogP contribution in [-0.4, -0.2) is 41.1 Å². The Balaban J connectivity index is 1.63. The first-order chi connectivity index (χ1) is 9.74. The molecule has 0 saturated carbocycles. The minimum atomic E-state index is -0.511. The van der Waals surface area contributed by atoms with Gasteiger partial charge in [-0.1, -0.05) is 5.16 Å². The molecule has 20 heavy (non-hydrogen) atoms. The van der Waals surface area contributed by atoms with Crippen LogP contribution >= 0.6 is 0 Å². The fourth-order valence-corrected chi connectivity index (χ4v) is 2.50. The zero-order valence-electron chi connectivity index (χ0n) is 11.0. The number of nitrogens with zero attached hydrogens (tertiary/aromatic N) is 2. The maximum absolute atomic E-state index is 12.0. The van der Waals surface area contributed by atoms with Gasteiger partial charge >= 0.3 is 0 Å². The Morgan fingerprint density at radius 2 is 2.15 bits per heavy atom. The predicted octanol–water partition coefficient (Wildman–Crippen LogP) is -0.497. The number of piperidine rings is 1. The summed E-state index contributed by atoms with van der Waals surface area (Å²) >= 11 is 0. The van der Waals surface area contributed by atoms with E-state index in [9.17, 15) is 9.59 Å². The van der Waals surface area contributed by atoms with Gasteiger partial charge in [0.05, 0.1) is 6.04 Å². The summed E-state index contributed by atoms with van der Waals surface area (Å²) in [7, 11) is 0. The Morgan fingerprint density at radius 1 is 1.30 bits per heavy atom. The normalized spacial score (nSPS) is 26.3. The Kier molecular flexibility index (Phi) is 3.64. The van der Waals surface area contributed by atoms with Crippen LogP contribution < -0.4 is 16.0 Å². The third kappa shape index (κ3) is 2.64. The minimum Gasteiger partial charge on any atom is -0.354 e. The number of rotatable bonds is 3. The van der Waals surface area contributed by atoms with Crippen LogP contribution in [0.25, 0.3) is 0 Å². The lowest BCUT2D eigenvalue weighted by Gasteiger charge is -2.21. The Bertz CT molecular complexity index is 509. The average molecular weight is 279 g/mol. The van der Waals surface area contributed by atoms with E-state index in [0.717, 1.165) is 25.8 Å². The molecule has 108 valence electrons. The van der Waals surface area contributed by atoms with Crippen LogP contribution in [-0.2, 0) is 4.79 Å². The SMILES string of the molecule is O=C(NC1CCCNC1=O)c1noc(C2CCCN2)n1. The van der Waals surface area contributed by atoms with Crippen LogP contribution in [0.1, 0.15) is 48.2 Å². The molecule has 2 unspecified atom stereocenters. The molecule has 2 amide bonds. The van der Waals surface area contributed by atoms with Crippen molar-refractivity contribution in [3.05, 3.63) is 11.7 Å². The molecule has 3 N–H and O–H groups in total. The lowest BCUT2D eigenvalue weighted by molar-refractivity contribution is -0.124. The summed E-state index contributed by atoms with van der Waals surface area (Å²) < 4.78 is 5.10. The number of carbonyl (C=O) groups excluding carboxylic acids is 2. The highest BCUT2D eigenvalue weighted by molar-refractivity contribution is 5.94. The first kappa shape index (κ1) is 13.0. The largest absolute Gasteiger partial charge is 0.354 e. The topological polar surface area (TPSA) is 109 Å². The van der Waals surface area contributed by atoms with Crippen LogP contribution in [0, 0.1) is 0 Å². The number of aromatic nitrogens is 2. The first-order valence-electron chi connectivity index (χ1n) is 6.89. The van der Waals surface area contributed by atoms with Crippen molar-refractivity contribution < 1.29 is 14.1 Å². The molecule has 0 radical (unpaired) electrons. The van der Waals surface area contributed by atoms with Crippen LogP contribution in [0.3, 0.4) is 0 Å². The third-order valence-corrected chi connectivity index (χ3v) is 3.59. The minimum absolute atomic E-state index is 0.0212. The van der Waals surface area contributed by atoms with Gasteiger partial charge in [-0.2, -0.15) is 4.98 Å². The summed E-state index contributed by atoms with van der Waals surface area (Å²) in [5, 5.41) is 12.2. The molecule has 3 heterocycles. The average Bonchev–Trinajstić information content (AvgIpc) is 3.11. The highest BCUT2D eigenvalue weighted by Gasteiger charge is 2.28. The summed E-state index contributed by atoms with van der Waals surface area (Å²) in [6.45, 7) is 1.57. The van der Waals surface area contributed by atoms with E-state index in [0.29, 0.717) is 18.9 Å². The third-order valence-electron chi connectivity index (χ3n) is 3.59. The monoisotopic (exact) mass is 279 g/mol. The first-order valence-corrected chi connectivity index (χ1v) is 6.89. The molecular formula is C12H17N5O3. The zero-order valence-corrected chi connectivity index (χ0v) is 11.0. The van der Waals surface area contributed by atoms with Gasteiger partial charge in [0.1, 0.15) is 6.04 Å². The molecule has 1 aromatic heterocycles. The molecule has 0 aromatic carbocycles. The Morgan fingerprint density at radius 3 is 2.90 bits per heavy atom. The molecular weight excluding hydrogens is 262 g/mol. The molecule has 0 aliphatic carbocycles. The van der Waals surface area contributed by atoms with E-state index < -0.39 is 11.9 Å². The van der Waals surface area contributed by atoms with Crippen molar-refractivity contribution in [2.24, 2.45) is 0 Å². The predicted molar refractivity (Wildman–Crippen MR) is 67.8 cm³/mol. The van der Waals surface area contributed by atoms with E-state index in [1.165, 1.54) is 0 Å². The molecule has 2 atom stereocenters. The van der Waals surface area contributed by atoms with Gasteiger partial charge in [0, 0.05) is 6.54 Å². The van der Waals surface area contributed by atoms with Crippen molar-refractivity contribution in [1.82, 2.24) is 26.1 Å². The van der Waals surface area contributed by atoms with Gasteiger partial charge in [0.2, 0.25) is 11.8 Å². The zero-order chi connectivity index (χ0) is 13.9. The standard InChI is InChI=1S/C12H17N5O3/c18-10-7(3-1-6-14-10)15-11(19)9-16-12(20-17-9)8-4-2-5-13-8/h7-8,13H,1-6H2,(H,14,18)(H,15,19). The fourth-order valence-electron chi connectivity index (χ4n) is 2.50. The van der Waals surface area contributed by atoms with Crippen LogP contribution in [0.15, 0.2) is 4.52 Å². The summed E-state index contributed by atoms with van der Waals surface area (Å²) in [5.74, 6) is -0.223. The fraction of sp³-hybridized carbons (Fsp3) is 0.667. The number of hydrogen-bond donors (Lipinski definition) is 3. The van der Waals surface area contributed by atoms with E-state index in [4.69, 9.17) is 4.52 Å². The van der Waals surface area contributed by atoms with Crippen molar-refractivity contribution >= 4 is 11.8 Å². The van der Waals surface area contributed by atoms with Crippen molar-refractivity contribution in [3.8, 4) is 0 Å². The Labute approximate surface area is 115 Å². The second-order valence-corrected chi connectivity index (χ2v) is 5.06. The molecule has 2 aliphatic rings. The Hall–Kier alpha value is -1.96. The van der Waals surface area contributed by atoms with E-state index in [1.54, 1.807) is 0 Å².